The summed E-state index contributed by atoms with van der Waals surface area (Å²) in [6.45, 7) is 5.82. The van der Waals surface area contributed by atoms with Gasteiger partial charge in [0.2, 0.25) is 0 Å². The van der Waals surface area contributed by atoms with E-state index in [1.54, 1.807) is 12.4 Å². The largest absolute Gasteiger partial charge is 0.368 e. The molecular formula is C11H20N4. The van der Waals surface area contributed by atoms with Crippen LogP contribution in [0.15, 0.2) is 12.4 Å². The maximum Gasteiger partial charge on any atom is 0.147 e. The summed E-state index contributed by atoms with van der Waals surface area (Å²) >= 11 is 0. The third kappa shape index (κ3) is 3.83. The topological polar surface area (TPSA) is 63.8 Å². The Labute approximate surface area is 91.3 Å². The van der Waals surface area contributed by atoms with Crippen molar-refractivity contribution >= 4 is 5.82 Å². The van der Waals surface area contributed by atoms with Gasteiger partial charge < -0.3 is 11.1 Å². The van der Waals surface area contributed by atoms with Crippen LogP contribution in [0.25, 0.3) is 0 Å². The minimum Gasteiger partial charge on any atom is -0.368 e. The standard InChI is InChI=1S/C11H20N4/c1-3-10(4-5-12)8-15-11-9(2)13-6-7-14-11/h6-7,10H,3-5,8,12H2,1-2H3,(H,14,15). The van der Waals surface area contributed by atoms with Crippen molar-refractivity contribution in [1.29, 1.82) is 0 Å². The van der Waals surface area contributed by atoms with Gasteiger partial charge in [0.1, 0.15) is 5.82 Å². The number of nitrogens with one attached hydrogen (secondary N) is 1. The molecule has 3 N–H and O–H groups in total. The molecule has 4 heteroatoms. The number of aromatic nitrogens is 2. The number of nitrogens with two attached hydrogens (primary N) is 1. The molecule has 84 valence electrons. The van der Waals surface area contributed by atoms with Crippen LogP contribution in [-0.4, -0.2) is 23.1 Å². The van der Waals surface area contributed by atoms with Crippen molar-refractivity contribution in [3.05, 3.63) is 18.1 Å². The van der Waals surface area contributed by atoms with Crippen LogP contribution in [0, 0.1) is 12.8 Å². The van der Waals surface area contributed by atoms with E-state index in [9.17, 15) is 0 Å². The second-order valence-corrected chi connectivity index (χ2v) is 3.72. The lowest BCUT2D eigenvalue weighted by Gasteiger charge is -2.15. The summed E-state index contributed by atoms with van der Waals surface area (Å²) in [5, 5.41) is 3.32. The molecule has 0 aliphatic heterocycles. The summed E-state index contributed by atoms with van der Waals surface area (Å²) in [6.07, 6.45) is 5.61. The minimum atomic E-state index is 0.622. The number of hydrogen-bond acceptors (Lipinski definition) is 4. The fourth-order valence-electron chi connectivity index (χ4n) is 1.51. The monoisotopic (exact) mass is 208 g/mol. The van der Waals surface area contributed by atoms with E-state index in [1.807, 2.05) is 6.92 Å². The van der Waals surface area contributed by atoms with Crippen molar-refractivity contribution in [1.82, 2.24) is 9.97 Å². The van der Waals surface area contributed by atoms with E-state index in [1.165, 1.54) is 0 Å². The molecule has 0 radical (unpaired) electrons. The predicted octanol–water partition coefficient (Wildman–Crippen LogP) is 1.57. The van der Waals surface area contributed by atoms with E-state index in [-0.39, 0.29) is 0 Å². The number of rotatable bonds is 6. The van der Waals surface area contributed by atoms with Gasteiger partial charge in [-0.25, -0.2) is 4.98 Å². The molecule has 0 bridgehead atoms. The lowest BCUT2D eigenvalue weighted by Crippen LogP contribution is -2.18. The van der Waals surface area contributed by atoms with Crippen LogP contribution in [0.4, 0.5) is 5.82 Å². The Balaban J connectivity index is 2.45. The third-order valence-corrected chi connectivity index (χ3v) is 2.59. The first kappa shape index (κ1) is 11.9. The number of hydrogen-bond donors (Lipinski definition) is 2. The van der Waals surface area contributed by atoms with E-state index >= 15 is 0 Å². The summed E-state index contributed by atoms with van der Waals surface area (Å²) in [7, 11) is 0. The highest BCUT2D eigenvalue weighted by Gasteiger charge is 2.06. The second-order valence-electron chi connectivity index (χ2n) is 3.72. The van der Waals surface area contributed by atoms with Gasteiger partial charge in [-0.3, -0.25) is 4.98 Å². The zero-order valence-electron chi connectivity index (χ0n) is 9.53. The van der Waals surface area contributed by atoms with E-state index in [4.69, 9.17) is 5.73 Å². The first-order valence-electron chi connectivity index (χ1n) is 5.49. The van der Waals surface area contributed by atoms with Crippen molar-refractivity contribution in [2.45, 2.75) is 26.7 Å². The number of aryl methyl sites for hydroxylation is 1. The molecule has 15 heavy (non-hydrogen) atoms. The van der Waals surface area contributed by atoms with E-state index in [0.717, 1.165) is 37.4 Å². The SMILES string of the molecule is CCC(CCN)CNc1nccnc1C. The first-order chi connectivity index (χ1) is 7.27. The molecule has 1 unspecified atom stereocenters. The highest BCUT2D eigenvalue weighted by Crippen LogP contribution is 2.11. The quantitative estimate of drug-likeness (QED) is 0.745. The normalized spacial score (nSPS) is 12.5. The van der Waals surface area contributed by atoms with Crippen LogP contribution in [0.3, 0.4) is 0 Å². The Morgan fingerprint density at radius 2 is 2.13 bits per heavy atom. The summed E-state index contributed by atoms with van der Waals surface area (Å²) in [4.78, 5) is 8.42. The molecule has 0 spiro atoms. The first-order valence-corrected chi connectivity index (χ1v) is 5.49. The average Bonchev–Trinajstić information content (AvgIpc) is 2.26. The summed E-state index contributed by atoms with van der Waals surface area (Å²) in [5.74, 6) is 1.50. The van der Waals surface area contributed by atoms with Crippen molar-refractivity contribution in [2.75, 3.05) is 18.4 Å². The highest BCUT2D eigenvalue weighted by atomic mass is 15.0. The molecule has 1 atom stereocenters. The molecule has 4 nitrogen and oxygen atoms in total. The Hall–Kier alpha value is -1.16. The highest BCUT2D eigenvalue weighted by molar-refractivity contribution is 5.38. The summed E-state index contributed by atoms with van der Waals surface area (Å²) < 4.78 is 0. The van der Waals surface area contributed by atoms with Gasteiger partial charge in [-0.1, -0.05) is 13.3 Å². The fourth-order valence-corrected chi connectivity index (χ4v) is 1.51. The molecule has 0 saturated carbocycles. The van der Waals surface area contributed by atoms with Gasteiger partial charge in [0, 0.05) is 18.9 Å². The lowest BCUT2D eigenvalue weighted by molar-refractivity contribution is 0.500. The molecule has 0 fully saturated rings. The molecular weight excluding hydrogens is 188 g/mol. The maximum atomic E-state index is 5.55. The zero-order chi connectivity index (χ0) is 11.1. The smallest absolute Gasteiger partial charge is 0.147 e. The van der Waals surface area contributed by atoms with Crippen LogP contribution < -0.4 is 11.1 Å². The van der Waals surface area contributed by atoms with Crippen molar-refractivity contribution in [3.63, 3.8) is 0 Å². The fraction of sp³-hybridized carbons (Fsp3) is 0.636. The Bertz CT molecular complexity index is 288. The van der Waals surface area contributed by atoms with Gasteiger partial charge in [0.15, 0.2) is 0 Å². The predicted molar refractivity (Wildman–Crippen MR) is 62.7 cm³/mol. The van der Waals surface area contributed by atoms with Gasteiger partial charge in [-0.15, -0.1) is 0 Å². The molecule has 0 amide bonds. The number of nitrogens with zero attached hydrogens (tertiary/aromatic N) is 2. The van der Waals surface area contributed by atoms with Crippen LogP contribution in [0.2, 0.25) is 0 Å². The van der Waals surface area contributed by atoms with Crippen molar-refractivity contribution < 1.29 is 0 Å². The molecule has 0 aromatic carbocycles. The zero-order valence-corrected chi connectivity index (χ0v) is 9.53. The molecule has 1 rings (SSSR count). The van der Waals surface area contributed by atoms with Crippen LogP contribution in [-0.2, 0) is 0 Å². The van der Waals surface area contributed by atoms with E-state index in [0.29, 0.717) is 5.92 Å². The molecule has 0 saturated heterocycles. The Morgan fingerprint density at radius 1 is 1.40 bits per heavy atom. The molecule has 0 aliphatic carbocycles. The van der Waals surface area contributed by atoms with E-state index in [2.05, 4.69) is 22.2 Å². The average molecular weight is 208 g/mol. The third-order valence-electron chi connectivity index (χ3n) is 2.59. The van der Waals surface area contributed by atoms with Gasteiger partial charge >= 0.3 is 0 Å². The maximum absolute atomic E-state index is 5.55. The van der Waals surface area contributed by atoms with Crippen LogP contribution in [0.5, 0.6) is 0 Å². The van der Waals surface area contributed by atoms with Gasteiger partial charge in [-0.2, -0.15) is 0 Å². The second kappa shape index (κ2) is 6.35. The Morgan fingerprint density at radius 3 is 2.73 bits per heavy atom. The molecule has 1 heterocycles. The molecule has 0 aliphatic rings. The minimum absolute atomic E-state index is 0.622. The van der Waals surface area contributed by atoms with Crippen LogP contribution in [0.1, 0.15) is 25.5 Å². The molecule has 1 aromatic rings. The van der Waals surface area contributed by atoms with Crippen molar-refractivity contribution in [2.24, 2.45) is 11.7 Å². The van der Waals surface area contributed by atoms with Gasteiger partial charge in [0.05, 0.1) is 5.69 Å². The van der Waals surface area contributed by atoms with Crippen molar-refractivity contribution in [3.8, 4) is 0 Å². The summed E-state index contributed by atoms with van der Waals surface area (Å²) in [5.41, 5.74) is 6.49. The van der Waals surface area contributed by atoms with E-state index < -0.39 is 0 Å². The van der Waals surface area contributed by atoms with Crippen LogP contribution >= 0.6 is 0 Å². The number of anilines is 1. The molecule has 1 aromatic heterocycles. The van der Waals surface area contributed by atoms with Gasteiger partial charge in [0.25, 0.3) is 0 Å². The summed E-state index contributed by atoms with van der Waals surface area (Å²) in [6, 6.07) is 0. The van der Waals surface area contributed by atoms with Gasteiger partial charge in [-0.05, 0) is 25.8 Å². The lowest BCUT2D eigenvalue weighted by atomic mass is 10.0. The Kier molecular flexibility index (Phi) is 5.04.